The van der Waals surface area contributed by atoms with Crippen molar-refractivity contribution in [1.82, 2.24) is 10.2 Å². The van der Waals surface area contributed by atoms with Crippen LogP contribution in [0.15, 0.2) is 23.0 Å². The Balaban J connectivity index is 2.36. The number of nitrogens with zero attached hydrogens (tertiary/aromatic N) is 1. The monoisotopic (exact) mass is 282 g/mol. The molecule has 0 aromatic carbocycles. The van der Waals surface area contributed by atoms with Gasteiger partial charge in [0.25, 0.3) is 5.91 Å². The molecule has 0 aliphatic heterocycles. The number of likely N-dealkylation sites (N-methyl/N-ethyl adjacent to an activating group) is 1. The molecule has 0 radical (unpaired) electrons. The molecule has 0 aliphatic carbocycles. The summed E-state index contributed by atoms with van der Waals surface area (Å²) in [6.45, 7) is 6.22. The highest BCUT2D eigenvalue weighted by Gasteiger charge is 2.21. The Morgan fingerprint density at radius 1 is 1.45 bits per heavy atom. The van der Waals surface area contributed by atoms with Crippen LogP contribution in [0, 0.1) is 0 Å². The van der Waals surface area contributed by atoms with Gasteiger partial charge in [0, 0.05) is 26.1 Å². The average molecular weight is 282 g/mol. The maximum Gasteiger partial charge on any atom is 0.254 e. The summed E-state index contributed by atoms with van der Waals surface area (Å²) < 4.78 is 4.81. The number of carbonyl (C=O) groups excluding carboxylic acids is 2. The lowest BCUT2D eigenvalue weighted by Gasteiger charge is -2.28. The molecular formula is C14H22N2O4. The van der Waals surface area contributed by atoms with Gasteiger partial charge in [-0.3, -0.25) is 9.59 Å². The van der Waals surface area contributed by atoms with Gasteiger partial charge in [-0.1, -0.05) is 0 Å². The third-order valence-electron chi connectivity index (χ3n) is 2.72. The van der Waals surface area contributed by atoms with E-state index >= 15 is 0 Å². The van der Waals surface area contributed by atoms with Gasteiger partial charge in [0.15, 0.2) is 0 Å². The molecular weight excluding hydrogens is 260 g/mol. The van der Waals surface area contributed by atoms with Crippen LogP contribution >= 0.6 is 0 Å². The highest BCUT2D eigenvalue weighted by Crippen LogP contribution is 2.06. The van der Waals surface area contributed by atoms with Crippen molar-refractivity contribution in [2.24, 2.45) is 0 Å². The lowest BCUT2D eigenvalue weighted by atomic mass is 10.1. The number of hydrogen-bond acceptors (Lipinski definition) is 4. The van der Waals surface area contributed by atoms with E-state index in [2.05, 4.69) is 5.32 Å². The van der Waals surface area contributed by atoms with Gasteiger partial charge in [0.05, 0.1) is 17.4 Å². The van der Waals surface area contributed by atoms with Crippen molar-refractivity contribution >= 4 is 11.8 Å². The molecule has 2 amide bonds. The summed E-state index contributed by atoms with van der Waals surface area (Å²) in [5.41, 5.74) is -0.493. The van der Waals surface area contributed by atoms with Crippen LogP contribution in [0.3, 0.4) is 0 Å². The van der Waals surface area contributed by atoms with Crippen molar-refractivity contribution in [3.8, 4) is 0 Å². The fraction of sp³-hybridized carbons (Fsp3) is 0.571. The van der Waals surface area contributed by atoms with Gasteiger partial charge in [-0.05, 0) is 26.8 Å². The Morgan fingerprint density at radius 3 is 2.65 bits per heavy atom. The minimum Gasteiger partial charge on any atom is -0.472 e. The van der Waals surface area contributed by atoms with Crippen molar-refractivity contribution in [2.75, 3.05) is 19.6 Å². The van der Waals surface area contributed by atoms with E-state index in [0.717, 1.165) is 0 Å². The van der Waals surface area contributed by atoms with Gasteiger partial charge in [-0.15, -0.1) is 0 Å². The molecule has 6 heteroatoms. The first-order chi connectivity index (χ1) is 9.33. The van der Waals surface area contributed by atoms with Crippen LogP contribution in [-0.2, 0) is 4.79 Å². The normalized spacial score (nSPS) is 11.2. The van der Waals surface area contributed by atoms with Crippen molar-refractivity contribution in [2.45, 2.75) is 32.8 Å². The maximum atomic E-state index is 12.0. The Hall–Kier alpha value is -1.82. The van der Waals surface area contributed by atoms with Crippen molar-refractivity contribution < 1.29 is 19.1 Å². The van der Waals surface area contributed by atoms with E-state index in [1.54, 1.807) is 24.8 Å². The summed E-state index contributed by atoms with van der Waals surface area (Å²) in [6.07, 6.45) is 2.97. The molecule has 1 rings (SSSR count). The molecule has 0 fully saturated rings. The van der Waals surface area contributed by atoms with Gasteiger partial charge >= 0.3 is 0 Å². The molecule has 0 spiro atoms. The molecule has 0 aliphatic rings. The molecule has 1 aromatic heterocycles. The fourth-order valence-corrected chi connectivity index (χ4v) is 1.78. The number of nitrogens with one attached hydrogen (secondary N) is 1. The second kappa shape index (κ2) is 7.09. The Bertz CT molecular complexity index is 435. The summed E-state index contributed by atoms with van der Waals surface area (Å²) in [7, 11) is 0. The topological polar surface area (TPSA) is 82.8 Å². The minimum absolute atomic E-state index is 0.0953. The summed E-state index contributed by atoms with van der Waals surface area (Å²) >= 11 is 0. The van der Waals surface area contributed by atoms with Crippen LogP contribution in [0.4, 0.5) is 0 Å². The molecule has 0 unspecified atom stereocenters. The average Bonchev–Trinajstić information content (AvgIpc) is 2.88. The highest BCUT2D eigenvalue weighted by molar-refractivity contribution is 5.94. The zero-order valence-electron chi connectivity index (χ0n) is 12.2. The fourth-order valence-electron chi connectivity index (χ4n) is 1.78. The van der Waals surface area contributed by atoms with E-state index in [0.29, 0.717) is 12.1 Å². The number of carbonyl (C=O) groups is 2. The van der Waals surface area contributed by atoms with Gasteiger partial charge in [0.2, 0.25) is 5.91 Å². The van der Waals surface area contributed by atoms with Crippen molar-refractivity contribution in [1.29, 1.82) is 0 Å². The predicted molar refractivity (Wildman–Crippen MR) is 74.2 cm³/mol. The summed E-state index contributed by atoms with van der Waals surface area (Å²) in [4.78, 5) is 25.2. The first-order valence-corrected chi connectivity index (χ1v) is 6.64. The highest BCUT2D eigenvalue weighted by atomic mass is 16.3. The molecule has 0 saturated carbocycles. The summed E-state index contributed by atoms with van der Waals surface area (Å²) in [5.74, 6) is -0.362. The Morgan fingerprint density at radius 2 is 2.15 bits per heavy atom. The van der Waals surface area contributed by atoms with Gasteiger partial charge < -0.3 is 19.7 Å². The maximum absolute atomic E-state index is 12.0. The van der Waals surface area contributed by atoms with Gasteiger partial charge in [0.1, 0.15) is 6.26 Å². The van der Waals surface area contributed by atoms with Crippen LogP contribution < -0.4 is 5.32 Å². The van der Waals surface area contributed by atoms with Crippen LogP contribution in [0.5, 0.6) is 0 Å². The number of hydrogen-bond donors (Lipinski definition) is 2. The van der Waals surface area contributed by atoms with Crippen LogP contribution in [0.25, 0.3) is 0 Å². The van der Waals surface area contributed by atoms with Gasteiger partial charge in [-0.25, -0.2) is 0 Å². The Labute approximate surface area is 118 Å². The quantitative estimate of drug-likeness (QED) is 0.782. The standard InChI is InChI=1S/C14H22N2O4/c1-4-16(10-14(2,3)19)12(17)5-7-15-13(18)11-6-8-20-9-11/h6,8-9,19H,4-5,7,10H2,1-3H3,(H,15,18). The van der Waals surface area contributed by atoms with E-state index < -0.39 is 5.60 Å². The molecule has 20 heavy (non-hydrogen) atoms. The zero-order valence-corrected chi connectivity index (χ0v) is 12.2. The smallest absolute Gasteiger partial charge is 0.254 e. The summed E-state index contributed by atoms with van der Waals surface area (Å²) in [5, 5.41) is 12.4. The lowest BCUT2D eigenvalue weighted by molar-refractivity contribution is -0.133. The number of aliphatic hydroxyl groups is 1. The number of amides is 2. The van der Waals surface area contributed by atoms with Crippen LogP contribution in [0.1, 0.15) is 37.6 Å². The number of furan rings is 1. The van der Waals surface area contributed by atoms with Crippen molar-refractivity contribution in [3.63, 3.8) is 0 Å². The predicted octanol–water partition coefficient (Wildman–Crippen LogP) is 1.02. The van der Waals surface area contributed by atoms with E-state index in [1.807, 2.05) is 6.92 Å². The largest absolute Gasteiger partial charge is 0.472 e. The van der Waals surface area contributed by atoms with E-state index in [9.17, 15) is 14.7 Å². The van der Waals surface area contributed by atoms with E-state index in [1.165, 1.54) is 12.5 Å². The van der Waals surface area contributed by atoms with Crippen LogP contribution in [-0.4, -0.2) is 47.1 Å². The second-order valence-corrected chi connectivity index (χ2v) is 5.24. The van der Waals surface area contributed by atoms with Crippen LogP contribution in [0.2, 0.25) is 0 Å². The molecule has 1 heterocycles. The Kier molecular flexibility index (Phi) is 5.76. The zero-order chi connectivity index (χ0) is 15.2. The summed E-state index contributed by atoms with van der Waals surface area (Å²) in [6, 6.07) is 1.56. The first-order valence-electron chi connectivity index (χ1n) is 6.64. The first kappa shape index (κ1) is 16.2. The van der Waals surface area contributed by atoms with E-state index in [-0.39, 0.29) is 31.3 Å². The molecule has 2 N–H and O–H groups in total. The van der Waals surface area contributed by atoms with E-state index in [4.69, 9.17) is 4.42 Å². The van der Waals surface area contributed by atoms with Crippen molar-refractivity contribution in [3.05, 3.63) is 24.2 Å². The lowest BCUT2D eigenvalue weighted by Crippen LogP contribution is -2.43. The number of rotatable bonds is 7. The molecule has 6 nitrogen and oxygen atoms in total. The van der Waals surface area contributed by atoms with Gasteiger partial charge in [-0.2, -0.15) is 0 Å². The minimum atomic E-state index is -0.925. The second-order valence-electron chi connectivity index (χ2n) is 5.24. The SMILES string of the molecule is CCN(CC(C)(C)O)C(=O)CCNC(=O)c1ccoc1. The molecule has 0 atom stereocenters. The third kappa shape index (κ3) is 5.44. The third-order valence-corrected chi connectivity index (χ3v) is 2.72. The molecule has 0 bridgehead atoms. The molecule has 1 aromatic rings. The molecule has 0 saturated heterocycles. The molecule has 112 valence electrons.